The minimum Gasteiger partial charge on any atom is -0.324 e. The Morgan fingerprint density at radius 1 is 1.08 bits per heavy atom. The molecule has 0 atom stereocenters. The van der Waals surface area contributed by atoms with E-state index in [-0.39, 0.29) is 0 Å². The van der Waals surface area contributed by atoms with Crippen molar-refractivity contribution in [2.45, 2.75) is 5.75 Å². The fourth-order valence-electron chi connectivity index (χ4n) is 1.32. The molecule has 1 aromatic heterocycles. The van der Waals surface area contributed by atoms with E-state index in [1.165, 1.54) is 11.3 Å². The number of hydrogen-bond donors (Lipinski definition) is 1. The van der Waals surface area contributed by atoms with Crippen molar-refractivity contribution >= 4 is 12.6 Å². The quantitative estimate of drug-likeness (QED) is 0.693. The van der Waals surface area contributed by atoms with Gasteiger partial charge in [-0.25, -0.2) is 0 Å². The molecule has 0 saturated carbocycles. The van der Waals surface area contributed by atoms with E-state index in [0.29, 0.717) is 0 Å². The summed E-state index contributed by atoms with van der Waals surface area (Å²) in [7, 11) is 0. The van der Waals surface area contributed by atoms with E-state index in [9.17, 15) is 0 Å². The average molecular weight is 189 g/mol. The fraction of sp³-hybridized carbons (Fsp3) is 0.0909. The lowest BCUT2D eigenvalue weighted by molar-refractivity contribution is 1.07. The zero-order valence-electron chi connectivity index (χ0n) is 7.22. The van der Waals surface area contributed by atoms with Gasteiger partial charge in [0.15, 0.2) is 0 Å². The van der Waals surface area contributed by atoms with Crippen LogP contribution in [-0.4, -0.2) is 4.57 Å². The van der Waals surface area contributed by atoms with E-state index < -0.39 is 0 Å². The summed E-state index contributed by atoms with van der Waals surface area (Å²) in [5.41, 5.74) is 2.44. The highest BCUT2D eigenvalue weighted by Gasteiger charge is 1.94. The number of hydrogen-bond acceptors (Lipinski definition) is 1. The van der Waals surface area contributed by atoms with Crippen molar-refractivity contribution < 1.29 is 0 Å². The fourth-order valence-corrected chi connectivity index (χ4v) is 1.52. The zero-order valence-corrected chi connectivity index (χ0v) is 8.11. The van der Waals surface area contributed by atoms with Gasteiger partial charge < -0.3 is 4.57 Å². The van der Waals surface area contributed by atoms with Crippen LogP contribution in [0.25, 0.3) is 5.69 Å². The van der Waals surface area contributed by atoms with Crippen LogP contribution in [0.2, 0.25) is 0 Å². The maximum atomic E-state index is 4.25. The number of thiol groups is 1. The molecule has 0 radical (unpaired) electrons. The normalized spacial score (nSPS) is 10.2. The molecule has 2 rings (SSSR count). The zero-order chi connectivity index (χ0) is 9.10. The van der Waals surface area contributed by atoms with Crippen molar-refractivity contribution in [3.63, 3.8) is 0 Å². The lowest BCUT2D eigenvalue weighted by Crippen LogP contribution is -1.90. The molecule has 0 aliphatic heterocycles. The van der Waals surface area contributed by atoms with E-state index in [0.717, 1.165) is 5.75 Å². The summed E-state index contributed by atoms with van der Waals surface area (Å²) in [6, 6.07) is 12.4. The molecule has 66 valence electrons. The Balaban J connectivity index is 2.41. The predicted octanol–water partition coefficient (Wildman–Crippen LogP) is 2.91. The lowest BCUT2D eigenvalue weighted by Gasteiger charge is -2.03. The molecule has 0 spiro atoms. The molecule has 0 aliphatic carbocycles. The minimum atomic E-state index is 0.787. The molecule has 0 bridgehead atoms. The van der Waals surface area contributed by atoms with Crippen molar-refractivity contribution in [3.05, 3.63) is 54.4 Å². The standard InChI is InChI=1S/C11H11NS/c13-9-10-4-3-5-11(8-10)12-6-1-2-7-12/h1-8,13H,9H2. The summed E-state index contributed by atoms with van der Waals surface area (Å²) in [5, 5.41) is 0. The second kappa shape index (κ2) is 3.71. The van der Waals surface area contributed by atoms with Gasteiger partial charge in [0.05, 0.1) is 0 Å². The van der Waals surface area contributed by atoms with Gasteiger partial charge >= 0.3 is 0 Å². The van der Waals surface area contributed by atoms with Crippen molar-refractivity contribution in [2.24, 2.45) is 0 Å². The molecule has 0 N–H and O–H groups in total. The highest BCUT2D eigenvalue weighted by molar-refractivity contribution is 7.79. The van der Waals surface area contributed by atoms with Gasteiger partial charge in [-0.1, -0.05) is 12.1 Å². The first-order chi connectivity index (χ1) is 6.40. The van der Waals surface area contributed by atoms with Gasteiger partial charge in [-0.15, -0.1) is 0 Å². The van der Waals surface area contributed by atoms with Gasteiger partial charge in [0.1, 0.15) is 0 Å². The third-order valence-electron chi connectivity index (χ3n) is 2.00. The topological polar surface area (TPSA) is 4.93 Å². The van der Waals surface area contributed by atoms with Crippen molar-refractivity contribution in [3.8, 4) is 5.69 Å². The first-order valence-corrected chi connectivity index (χ1v) is 4.86. The van der Waals surface area contributed by atoms with E-state index in [4.69, 9.17) is 0 Å². The SMILES string of the molecule is SCc1cccc(-n2cccc2)c1. The Morgan fingerprint density at radius 3 is 2.54 bits per heavy atom. The third-order valence-corrected chi connectivity index (χ3v) is 2.36. The summed E-state index contributed by atoms with van der Waals surface area (Å²) in [6.07, 6.45) is 4.08. The van der Waals surface area contributed by atoms with Crippen LogP contribution in [0.3, 0.4) is 0 Å². The molecule has 0 aliphatic rings. The van der Waals surface area contributed by atoms with Crippen LogP contribution >= 0.6 is 12.6 Å². The lowest BCUT2D eigenvalue weighted by atomic mass is 10.2. The molecule has 2 heteroatoms. The highest BCUT2D eigenvalue weighted by atomic mass is 32.1. The van der Waals surface area contributed by atoms with Crippen LogP contribution in [0.15, 0.2) is 48.8 Å². The Labute approximate surface area is 83.4 Å². The van der Waals surface area contributed by atoms with Gasteiger partial charge in [-0.2, -0.15) is 12.6 Å². The Kier molecular flexibility index (Phi) is 2.41. The van der Waals surface area contributed by atoms with Gasteiger partial charge in [0, 0.05) is 23.8 Å². The monoisotopic (exact) mass is 189 g/mol. The Morgan fingerprint density at radius 2 is 1.85 bits per heavy atom. The van der Waals surface area contributed by atoms with Crippen LogP contribution in [0, 0.1) is 0 Å². The van der Waals surface area contributed by atoms with Gasteiger partial charge in [-0.3, -0.25) is 0 Å². The van der Waals surface area contributed by atoms with Crippen LogP contribution in [0.4, 0.5) is 0 Å². The summed E-state index contributed by atoms with van der Waals surface area (Å²) < 4.78 is 2.09. The molecule has 13 heavy (non-hydrogen) atoms. The maximum absolute atomic E-state index is 4.25. The second-order valence-corrected chi connectivity index (χ2v) is 3.23. The van der Waals surface area contributed by atoms with Crippen molar-refractivity contribution in [1.82, 2.24) is 4.57 Å². The largest absolute Gasteiger partial charge is 0.324 e. The van der Waals surface area contributed by atoms with Gasteiger partial charge in [0.25, 0.3) is 0 Å². The number of nitrogens with zero attached hydrogens (tertiary/aromatic N) is 1. The summed E-state index contributed by atoms with van der Waals surface area (Å²) in [6.45, 7) is 0. The first kappa shape index (κ1) is 8.45. The second-order valence-electron chi connectivity index (χ2n) is 2.92. The van der Waals surface area contributed by atoms with Crippen molar-refractivity contribution in [1.29, 1.82) is 0 Å². The predicted molar refractivity (Wildman–Crippen MR) is 58.5 cm³/mol. The smallest absolute Gasteiger partial charge is 0.0452 e. The minimum absolute atomic E-state index is 0.787. The number of aromatic nitrogens is 1. The Hall–Kier alpha value is -1.15. The summed E-state index contributed by atoms with van der Waals surface area (Å²) in [4.78, 5) is 0. The molecular weight excluding hydrogens is 178 g/mol. The van der Waals surface area contributed by atoms with Crippen LogP contribution in [-0.2, 0) is 5.75 Å². The van der Waals surface area contributed by atoms with E-state index >= 15 is 0 Å². The molecule has 0 amide bonds. The number of benzene rings is 1. The van der Waals surface area contributed by atoms with E-state index in [1.807, 2.05) is 24.5 Å². The highest BCUT2D eigenvalue weighted by Crippen LogP contribution is 2.11. The molecule has 2 aromatic rings. The summed E-state index contributed by atoms with van der Waals surface area (Å²) >= 11 is 4.25. The van der Waals surface area contributed by atoms with E-state index in [2.05, 4.69) is 41.5 Å². The molecule has 1 nitrogen and oxygen atoms in total. The number of rotatable bonds is 2. The molecule has 1 aromatic carbocycles. The van der Waals surface area contributed by atoms with Crippen LogP contribution in [0.1, 0.15) is 5.56 Å². The van der Waals surface area contributed by atoms with Crippen LogP contribution in [0.5, 0.6) is 0 Å². The van der Waals surface area contributed by atoms with Crippen LogP contribution < -0.4 is 0 Å². The average Bonchev–Trinajstić information content (AvgIpc) is 2.71. The molecular formula is C11H11NS. The van der Waals surface area contributed by atoms with Gasteiger partial charge in [0.2, 0.25) is 0 Å². The third kappa shape index (κ3) is 1.78. The first-order valence-electron chi connectivity index (χ1n) is 4.23. The Bertz CT molecular complexity index is 379. The summed E-state index contributed by atoms with van der Waals surface area (Å²) in [5.74, 6) is 0.787. The maximum Gasteiger partial charge on any atom is 0.0452 e. The van der Waals surface area contributed by atoms with Gasteiger partial charge in [-0.05, 0) is 29.8 Å². The van der Waals surface area contributed by atoms with E-state index in [1.54, 1.807) is 0 Å². The molecule has 1 heterocycles. The molecule has 0 fully saturated rings. The molecule has 0 saturated heterocycles. The van der Waals surface area contributed by atoms with Crippen molar-refractivity contribution in [2.75, 3.05) is 0 Å². The molecule has 0 unspecified atom stereocenters.